The minimum absolute atomic E-state index is 0.0197. The van der Waals surface area contributed by atoms with E-state index in [4.69, 9.17) is 0 Å². The van der Waals surface area contributed by atoms with Gasteiger partial charge in [-0.05, 0) is 32.1 Å². The minimum Gasteiger partial charge on any atom is -0.202 e. The molecule has 1 aliphatic carbocycles. The van der Waals surface area contributed by atoms with Crippen LogP contribution in [0.3, 0.4) is 0 Å². The fourth-order valence-electron chi connectivity index (χ4n) is 2.28. The Labute approximate surface area is 120 Å². The zero-order valence-corrected chi connectivity index (χ0v) is 14.0. The lowest BCUT2D eigenvalue weighted by Gasteiger charge is -2.36. The molecule has 0 saturated heterocycles. The van der Waals surface area contributed by atoms with E-state index in [2.05, 4.69) is 20.7 Å². The summed E-state index contributed by atoms with van der Waals surface area (Å²) in [6.07, 6.45) is 5.88. The first-order valence-corrected chi connectivity index (χ1v) is 9.18. The summed E-state index contributed by atoms with van der Waals surface area (Å²) in [5.74, 6) is 0. The average molecular weight is 341 g/mol. The molecule has 18 heavy (non-hydrogen) atoms. The number of rotatable bonds is 6. The van der Waals surface area contributed by atoms with Gasteiger partial charge in [-0.15, -0.1) is 0 Å². The van der Waals surface area contributed by atoms with Crippen molar-refractivity contribution < 1.29 is 8.42 Å². The van der Waals surface area contributed by atoms with Gasteiger partial charge in [0.2, 0.25) is 0 Å². The van der Waals surface area contributed by atoms with Gasteiger partial charge in [0.1, 0.15) is 0 Å². The predicted molar refractivity (Wildman–Crippen MR) is 79.1 cm³/mol. The van der Waals surface area contributed by atoms with Crippen LogP contribution < -0.4 is 4.72 Å². The van der Waals surface area contributed by atoms with E-state index in [-0.39, 0.29) is 11.5 Å². The summed E-state index contributed by atoms with van der Waals surface area (Å²) in [6, 6.07) is -0.0197. The van der Waals surface area contributed by atoms with Gasteiger partial charge in [0.15, 0.2) is 0 Å². The van der Waals surface area contributed by atoms with Crippen molar-refractivity contribution in [2.45, 2.75) is 52.0 Å². The summed E-state index contributed by atoms with van der Waals surface area (Å²) in [5, 5.41) is 0.869. The molecule has 0 unspecified atom stereocenters. The Hall–Kier alpha value is 0.350. The molecule has 0 aromatic carbocycles. The maximum atomic E-state index is 12.1. The van der Waals surface area contributed by atoms with Gasteiger partial charge in [-0.2, -0.15) is 12.7 Å². The van der Waals surface area contributed by atoms with Crippen LogP contribution in [-0.2, 0) is 10.2 Å². The second-order valence-corrected chi connectivity index (χ2v) is 8.01. The van der Waals surface area contributed by atoms with Crippen molar-refractivity contribution in [2.75, 3.05) is 18.9 Å². The summed E-state index contributed by atoms with van der Waals surface area (Å²) in [6.45, 7) is 4.29. The first-order chi connectivity index (χ1) is 8.33. The molecule has 0 spiro atoms. The maximum absolute atomic E-state index is 12.1. The van der Waals surface area contributed by atoms with E-state index >= 15 is 0 Å². The zero-order chi connectivity index (χ0) is 13.8. The Bertz CT molecular complexity index is 351. The summed E-state index contributed by atoms with van der Waals surface area (Å²) in [4.78, 5) is 0. The van der Waals surface area contributed by atoms with Crippen LogP contribution in [0.25, 0.3) is 0 Å². The van der Waals surface area contributed by atoms with Crippen LogP contribution in [0.2, 0.25) is 0 Å². The van der Waals surface area contributed by atoms with Crippen LogP contribution in [0.5, 0.6) is 0 Å². The normalized spacial score (nSPS) is 20.6. The smallest absolute Gasteiger partial charge is 0.202 e. The van der Waals surface area contributed by atoms with Gasteiger partial charge in [-0.25, -0.2) is 4.72 Å². The molecule has 4 nitrogen and oxygen atoms in total. The average Bonchev–Trinajstić information content (AvgIpc) is 2.36. The van der Waals surface area contributed by atoms with E-state index in [9.17, 15) is 8.42 Å². The van der Waals surface area contributed by atoms with Crippen LogP contribution >= 0.6 is 15.9 Å². The second-order valence-electron chi connectivity index (χ2n) is 5.63. The van der Waals surface area contributed by atoms with Crippen molar-refractivity contribution in [3.05, 3.63) is 0 Å². The Morgan fingerprint density at radius 1 is 1.28 bits per heavy atom. The molecule has 0 aliphatic heterocycles. The molecule has 0 bridgehead atoms. The van der Waals surface area contributed by atoms with E-state index in [1.165, 1.54) is 23.6 Å². The van der Waals surface area contributed by atoms with Crippen molar-refractivity contribution in [1.82, 2.24) is 9.03 Å². The van der Waals surface area contributed by atoms with E-state index in [0.717, 1.165) is 18.2 Å². The molecule has 6 heteroatoms. The Balaban J connectivity index is 2.62. The Kier molecular flexibility index (Phi) is 6.09. The molecule has 1 fully saturated rings. The van der Waals surface area contributed by atoms with E-state index in [1.807, 2.05) is 13.8 Å². The molecule has 0 radical (unpaired) electrons. The molecule has 1 N–H and O–H groups in total. The molecular weight excluding hydrogens is 316 g/mol. The van der Waals surface area contributed by atoms with E-state index in [1.54, 1.807) is 7.05 Å². The quantitative estimate of drug-likeness (QED) is 0.755. The van der Waals surface area contributed by atoms with Gasteiger partial charge in [-0.3, -0.25) is 0 Å². The molecule has 0 heterocycles. The highest BCUT2D eigenvalue weighted by molar-refractivity contribution is 9.09. The zero-order valence-electron chi connectivity index (χ0n) is 11.6. The van der Waals surface area contributed by atoms with E-state index < -0.39 is 10.2 Å². The number of nitrogens with zero attached hydrogens (tertiary/aromatic N) is 1. The molecule has 1 saturated carbocycles. The highest BCUT2D eigenvalue weighted by Crippen LogP contribution is 2.37. The third-order valence-corrected chi connectivity index (χ3v) is 6.81. The van der Waals surface area contributed by atoms with Gasteiger partial charge in [-0.1, -0.05) is 35.2 Å². The topological polar surface area (TPSA) is 49.4 Å². The van der Waals surface area contributed by atoms with Crippen LogP contribution in [0, 0.1) is 5.41 Å². The van der Waals surface area contributed by atoms with Crippen LogP contribution in [0.4, 0.5) is 0 Å². The fraction of sp³-hybridized carbons (Fsp3) is 1.00. The number of hydrogen-bond acceptors (Lipinski definition) is 2. The van der Waals surface area contributed by atoms with Crippen molar-refractivity contribution in [3.8, 4) is 0 Å². The summed E-state index contributed by atoms with van der Waals surface area (Å²) < 4.78 is 28.3. The molecular formula is C12H25BrN2O2S. The minimum atomic E-state index is -3.34. The molecule has 0 aromatic heterocycles. The molecule has 0 amide bonds. The van der Waals surface area contributed by atoms with Crippen molar-refractivity contribution in [2.24, 2.45) is 5.41 Å². The van der Waals surface area contributed by atoms with E-state index in [0.29, 0.717) is 6.54 Å². The maximum Gasteiger partial charge on any atom is 0.279 e. The lowest BCUT2D eigenvalue weighted by atomic mass is 9.76. The molecule has 0 aromatic rings. The number of nitrogens with one attached hydrogen (secondary N) is 1. The highest BCUT2D eigenvalue weighted by atomic mass is 79.9. The standard InChI is InChI=1S/C12H25BrN2O2S/c1-11(2)15(3)18(16,17)14-10-12(9-13)7-5-4-6-8-12/h11,14H,4-10H2,1-3H3. The van der Waals surface area contributed by atoms with Gasteiger partial charge < -0.3 is 0 Å². The van der Waals surface area contributed by atoms with Gasteiger partial charge in [0.05, 0.1) is 0 Å². The second kappa shape index (κ2) is 6.68. The Morgan fingerprint density at radius 2 is 1.83 bits per heavy atom. The van der Waals surface area contributed by atoms with Crippen LogP contribution in [-0.4, -0.2) is 37.7 Å². The van der Waals surface area contributed by atoms with Crippen molar-refractivity contribution >= 4 is 26.1 Å². The van der Waals surface area contributed by atoms with Gasteiger partial charge >= 0.3 is 0 Å². The lowest BCUT2D eigenvalue weighted by molar-refractivity contribution is 0.225. The first kappa shape index (κ1) is 16.4. The van der Waals surface area contributed by atoms with Crippen molar-refractivity contribution in [1.29, 1.82) is 0 Å². The first-order valence-electron chi connectivity index (χ1n) is 6.62. The third kappa shape index (κ3) is 4.18. The summed E-state index contributed by atoms with van der Waals surface area (Å²) in [5.41, 5.74) is 0.100. The molecule has 1 rings (SSSR count). The molecule has 108 valence electrons. The summed E-state index contributed by atoms with van der Waals surface area (Å²) >= 11 is 3.55. The predicted octanol–water partition coefficient (Wildman–Crippen LogP) is 2.51. The van der Waals surface area contributed by atoms with Crippen LogP contribution in [0.1, 0.15) is 46.0 Å². The highest BCUT2D eigenvalue weighted by Gasteiger charge is 2.33. The fourth-order valence-corrected chi connectivity index (χ4v) is 4.29. The largest absolute Gasteiger partial charge is 0.279 e. The lowest BCUT2D eigenvalue weighted by Crippen LogP contribution is -2.47. The molecule has 1 aliphatic rings. The molecule has 0 atom stereocenters. The van der Waals surface area contributed by atoms with Gasteiger partial charge in [0, 0.05) is 25.0 Å². The van der Waals surface area contributed by atoms with Gasteiger partial charge in [0.25, 0.3) is 10.2 Å². The van der Waals surface area contributed by atoms with Crippen LogP contribution in [0.15, 0.2) is 0 Å². The Morgan fingerprint density at radius 3 is 2.28 bits per heavy atom. The monoisotopic (exact) mass is 340 g/mol. The summed E-state index contributed by atoms with van der Waals surface area (Å²) in [7, 11) is -1.72. The number of hydrogen-bond donors (Lipinski definition) is 1. The number of alkyl halides is 1. The number of halogens is 1. The van der Waals surface area contributed by atoms with Crippen molar-refractivity contribution in [3.63, 3.8) is 0 Å². The SMILES string of the molecule is CC(C)N(C)S(=O)(=O)NCC1(CBr)CCCCC1. The third-order valence-electron chi connectivity index (χ3n) is 3.93.